The van der Waals surface area contributed by atoms with E-state index in [2.05, 4.69) is 5.32 Å². The van der Waals surface area contributed by atoms with E-state index in [1.165, 1.54) is 18.2 Å². The van der Waals surface area contributed by atoms with Gasteiger partial charge in [-0.15, -0.1) is 0 Å². The summed E-state index contributed by atoms with van der Waals surface area (Å²) in [5.74, 6) is -0.358. The van der Waals surface area contributed by atoms with Gasteiger partial charge in [-0.25, -0.2) is 4.39 Å². The Bertz CT molecular complexity index is 674. The van der Waals surface area contributed by atoms with Gasteiger partial charge in [0, 0.05) is 12.2 Å². The highest BCUT2D eigenvalue weighted by molar-refractivity contribution is 5.56. The molecule has 0 saturated carbocycles. The maximum Gasteiger partial charge on any atom is 0.418 e. The number of hydrogen-bond acceptors (Lipinski definition) is 4. The Hall–Kier alpha value is -2.32. The number of alkyl halides is 3. The molecule has 0 fully saturated rings. The van der Waals surface area contributed by atoms with Crippen LogP contribution in [0.3, 0.4) is 0 Å². The summed E-state index contributed by atoms with van der Waals surface area (Å²) in [5, 5.41) is 20.4. The van der Waals surface area contributed by atoms with Crippen molar-refractivity contribution < 1.29 is 32.5 Å². The van der Waals surface area contributed by atoms with E-state index in [1.807, 2.05) is 0 Å². The lowest BCUT2D eigenvalue weighted by Gasteiger charge is -2.17. The maximum atomic E-state index is 13.2. The maximum absolute atomic E-state index is 13.2. The molecular weight excluding hydrogens is 330 g/mol. The Morgan fingerprint density at radius 3 is 2.25 bits per heavy atom. The first-order valence-corrected chi connectivity index (χ1v) is 6.97. The van der Waals surface area contributed by atoms with Gasteiger partial charge in [0.1, 0.15) is 17.3 Å². The molecule has 24 heavy (non-hydrogen) atoms. The summed E-state index contributed by atoms with van der Waals surface area (Å²) in [4.78, 5) is 0. The van der Waals surface area contributed by atoms with E-state index in [9.17, 15) is 22.7 Å². The molecule has 8 heteroatoms. The molecule has 0 aromatic heterocycles. The van der Waals surface area contributed by atoms with Crippen molar-refractivity contribution in [2.45, 2.75) is 12.3 Å². The van der Waals surface area contributed by atoms with E-state index >= 15 is 0 Å². The minimum absolute atomic E-state index is 0.0674. The minimum atomic E-state index is -4.64. The summed E-state index contributed by atoms with van der Waals surface area (Å²) in [6, 6.07) is 8.13. The van der Waals surface area contributed by atoms with Gasteiger partial charge in [-0.2, -0.15) is 13.2 Å². The fraction of sp³-hybridized carbons (Fsp3) is 0.250. The average Bonchev–Trinajstić information content (AvgIpc) is 2.54. The van der Waals surface area contributed by atoms with Gasteiger partial charge in [0.2, 0.25) is 0 Å². The molecule has 0 heterocycles. The van der Waals surface area contributed by atoms with E-state index < -0.39 is 30.3 Å². The second-order valence-corrected chi connectivity index (χ2v) is 4.98. The Balaban J connectivity index is 2.23. The van der Waals surface area contributed by atoms with E-state index in [4.69, 9.17) is 9.84 Å². The molecule has 0 aliphatic rings. The summed E-state index contributed by atoms with van der Waals surface area (Å²) < 4.78 is 57.6. The first-order chi connectivity index (χ1) is 11.3. The molecule has 0 aliphatic carbocycles. The predicted octanol–water partition coefficient (Wildman–Crippen LogP) is 3.40. The monoisotopic (exact) mass is 345 g/mol. The van der Waals surface area contributed by atoms with Crippen LogP contribution in [0.25, 0.3) is 0 Å². The molecular formula is C16H15F4NO3. The molecule has 2 aromatic carbocycles. The first-order valence-electron chi connectivity index (χ1n) is 6.97. The Morgan fingerprint density at radius 2 is 1.67 bits per heavy atom. The van der Waals surface area contributed by atoms with Crippen LogP contribution in [-0.4, -0.2) is 29.5 Å². The fourth-order valence-corrected chi connectivity index (χ4v) is 1.91. The van der Waals surface area contributed by atoms with Crippen molar-refractivity contribution in [2.75, 3.05) is 18.5 Å². The van der Waals surface area contributed by atoms with Gasteiger partial charge in [-0.1, -0.05) is 0 Å². The van der Waals surface area contributed by atoms with Crippen LogP contribution < -0.4 is 10.1 Å². The minimum Gasteiger partial charge on any atom is -0.457 e. The summed E-state index contributed by atoms with van der Waals surface area (Å²) in [5.41, 5.74) is -1.23. The number of aliphatic hydroxyl groups excluding tert-OH is 2. The zero-order chi connectivity index (χ0) is 17.7. The zero-order valence-corrected chi connectivity index (χ0v) is 12.3. The molecule has 0 radical (unpaired) electrons. The number of hydrogen-bond donors (Lipinski definition) is 3. The highest BCUT2D eigenvalue weighted by Gasteiger charge is 2.34. The van der Waals surface area contributed by atoms with E-state index in [0.717, 1.165) is 24.3 Å². The van der Waals surface area contributed by atoms with Crippen LogP contribution in [0.1, 0.15) is 5.56 Å². The number of ether oxygens (including phenoxy) is 1. The van der Waals surface area contributed by atoms with Crippen molar-refractivity contribution in [2.24, 2.45) is 0 Å². The number of halogens is 4. The summed E-state index contributed by atoms with van der Waals surface area (Å²) >= 11 is 0. The lowest BCUT2D eigenvalue weighted by atomic mass is 10.1. The largest absolute Gasteiger partial charge is 0.457 e. The molecule has 0 aliphatic heterocycles. The van der Waals surface area contributed by atoms with Gasteiger partial charge in [-0.05, 0) is 42.5 Å². The van der Waals surface area contributed by atoms with Gasteiger partial charge < -0.3 is 20.3 Å². The molecule has 2 aromatic rings. The summed E-state index contributed by atoms with van der Waals surface area (Å²) in [6.07, 6.45) is -5.82. The zero-order valence-electron chi connectivity index (χ0n) is 12.3. The third kappa shape index (κ3) is 4.84. The topological polar surface area (TPSA) is 61.7 Å². The normalized spacial score (nSPS) is 12.8. The number of aliphatic hydroxyl groups is 2. The van der Waals surface area contributed by atoms with Crippen LogP contribution in [-0.2, 0) is 6.18 Å². The van der Waals surface area contributed by atoms with Crippen molar-refractivity contribution >= 4 is 5.69 Å². The highest BCUT2D eigenvalue weighted by Crippen LogP contribution is 2.38. The van der Waals surface area contributed by atoms with Crippen LogP contribution in [0, 0.1) is 5.82 Å². The van der Waals surface area contributed by atoms with Crippen molar-refractivity contribution in [1.29, 1.82) is 0 Å². The summed E-state index contributed by atoms with van der Waals surface area (Å²) in [6.45, 7) is -0.808. The van der Waals surface area contributed by atoms with Crippen molar-refractivity contribution in [1.82, 2.24) is 0 Å². The van der Waals surface area contributed by atoms with Gasteiger partial charge >= 0.3 is 6.18 Å². The Morgan fingerprint density at radius 1 is 1.04 bits per heavy atom. The van der Waals surface area contributed by atoms with Crippen LogP contribution in [0.15, 0.2) is 42.5 Å². The molecule has 0 saturated heterocycles. The van der Waals surface area contributed by atoms with Crippen LogP contribution in [0.4, 0.5) is 23.2 Å². The van der Waals surface area contributed by atoms with Crippen LogP contribution in [0.2, 0.25) is 0 Å². The second-order valence-electron chi connectivity index (χ2n) is 4.98. The molecule has 130 valence electrons. The number of nitrogens with one attached hydrogen (secondary N) is 1. The SMILES string of the molecule is OCC(O)CNc1ccc(Oc2ccc(F)cc2)cc1C(F)(F)F. The number of anilines is 1. The fourth-order valence-electron chi connectivity index (χ4n) is 1.91. The number of benzene rings is 2. The number of rotatable bonds is 6. The molecule has 0 amide bonds. The lowest BCUT2D eigenvalue weighted by molar-refractivity contribution is -0.137. The first kappa shape index (κ1) is 18.0. The third-order valence-corrected chi connectivity index (χ3v) is 3.08. The average molecular weight is 345 g/mol. The molecule has 3 N–H and O–H groups in total. The van der Waals surface area contributed by atoms with Gasteiger partial charge in [0.25, 0.3) is 0 Å². The van der Waals surface area contributed by atoms with Crippen LogP contribution in [0.5, 0.6) is 11.5 Å². The quantitative estimate of drug-likeness (QED) is 0.702. The molecule has 4 nitrogen and oxygen atoms in total. The third-order valence-electron chi connectivity index (χ3n) is 3.08. The van der Waals surface area contributed by atoms with Crippen molar-refractivity contribution in [3.05, 3.63) is 53.8 Å². The van der Waals surface area contributed by atoms with Gasteiger partial charge in [0.05, 0.1) is 18.3 Å². The molecule has 0 spiro atoms. The molecule has 1 atom stereocenters. The summed E-state index contributed by atoms with van der Waals surface area (Å²) in [7, 11) is 0. The predicted molar refractivity (Wildman–Crippen MR) is 79.5 cm³/mol. The second kappa shape index (κ2) is 7.50. The highest BCUT2D eigenvalue weighted by atomic mass is 19.4. The van der Waals surface area contributed by atoms with Crippen molar-refractivity contribution in [3.8, 4) is 11.5 Å². The van der Waals surface area contributed by atoms with E-state index in [-0.39, 0.29) is 23.7 Å². The Labute approximate surface area is 135 Å². The van der Waals surface area contributed by atoms with Gasteiger partial charge in [0.15, 0.2) is 0 Å². The molecule has 2 rings (SSSR count). The standard InChI is InChI=1S/C16H15F4NO3/c17-10-1-3-12(4-2-10)24-13-5-6-15(21-8-11(23)9-22)14(7-13)16(18,19)20/h1-7,11,21-23H,8-9H2. The Kier molecular flexibility index (Phi) is 5.63. The van der Waals surface area contributed by atoms with Crippen LogP contribution >= 0.6 is 0 Å². The molecule has 0 bridgehead atoms. The van der Waals surface area contributed by atoms with Crippen molar-refractivity contribution in [3.63, 3.8) is 0 Å². The van der Waals surface area contributed by atoms with Gasteiger partial charge in [-0.3, -0.25) is 0 Å². The van der Waals surface area contributed by atoms with E-state index in [0.29, 0.717) is 0 Å². The lowest BCUT2D eigenvalue weighted by Crippen LogP contribution is -2.24. The smallest absolute Gasteiger partial charge is 0.418 e. The van der Waals surface area contributed by atoms with E-state index in [1.54, 1.807) is 0 Å². The molecule has 1 unspecified atom stereocenters.